The monoisotopic (exact) mass is 341 g/mol. The Kier molecular flexibility index (Phi) is 3.55. The third-order valence-corrected chi connectivity index (χ3v) is 4.05. The zero-order valence-corrected chi connectivity index (χ0v) is 13.6. The number of aromatic nitrogens is 1. The van der Waals surface area contributed by atoms with Crippen molar-refractivity contribution in [3.05, 3.63) is 58.7 Å². The predicted molar refractivity (Wildman–Crippen MR) is 93.1 cm³/mol. The highest BCUT2D eigenvalue weighted by molar-refractivity contribution is 9.10. The maximum atomic E-state index is 6.19. The smallest absolute Gasteiger partial charge is 0.0753 e. The summed E-state index contributed by atoms with van der Waals surface area (Å²) in [6.07, 6.45) is 1.72. The van der Waals surface area contributed by atoms with Gasteiger partial charge in [-0.25, -0.2) is 0 Å². The minimum absolute atomic E-state index is 0.671. The van der Waals surface area contributed by atoms with Gasteiger partial charge < -0.3 is 10.6 Å². The molecular formula is C17H16BrN3. The summed E-state index contributed by atoms with van der Waals surface area (Å²) >= 11 is 3.52. The van der Waals surface area contributed by atoms with Crippen molar-refractivity contribution in [2.24, 2.45) is 0 Å². The second-order valence-electron chi connectivity index (χ2n) is 5.12. The van der Waals surface area contributed by atoms with Crippen LogP contribution in [0.3, 0.4) is 0 Å². The SMILES string of the molecule is Cc1cccc(N(C)c2c(N)cnc3ccc(Br)cc23)c1. The highest BCUT2D eigenvalue weighted by Crippen LogP contribution is 2.36. The summed E-state index contributed by atoms with van der Waals surface area (Å²) in [7, 11) is 2.03. The van der Waals surface area contributed by atoms with E-state index in [1.165, 1.54) is 5.56 Å². The van der Waals surface area contributed by atoms with Crippen LogP contribution < -0.4 is 10.6 Å². The minimum atomic E-state index is 0.671. The molecule has 0 aliphatic rings. The van der Waals surface area contributed by atoms with Crippen LogP contribution in [0.25, 0.3) is 10.9 Å². The Morgan fingerprint density at radius 1 is 1.14 bits per heavy atom. The van der Waals surface area contributed by atoms with Crippen molar-refractivity contribution in [2.75, 3.05) is 17.7 Å². The van der Waals surface area contributed by atoms with Crippen LogP contribution in [0.2, 0.25) is 0 Å². The number of halogens is 1. The predicted octanol–water partition coefficient (Wildman–Crippen LogP) is 4.66. The number of nitrogens with two attached hydrogens (primary N) is 1. The Hall–Kier alpha value is -2.07. The van der Waals surface area contributed by atoms with Gasteiger partial charge in [0.2, 0.25) is 0 Å². The van der Waals surface area contributed by atoms with Crippen LogP contribution in [0, 0.1) is 6.92 Å². The molecule has 0 saturated heterocycles. The third-order valence-electron chi connectivity index (χ3n) is 3.55. The lowest BCUT2D eigenvalue weighted by atomic mass is 10.1. The van der Waals surface area contributed by atoms with E-state index in [2.05, 4.69) is 63.1 Å². The number of nitrogen functional groups attached to an aromatic ring is 1. The molecule has 0 saturated carbocycles. The molecule has 0 spiro atoms. The zero-order chi connectivity index (χ0) is 15.0. The summed E-state index contributed by atoms with van der Waals surface area (Å²) < 4.78 is 1.02. The molecule has 3 aromatic rings. The van der Waals surface area contributed by atoms with Crippen molar-refractivity contribution in [3.63, 3.8) is 0 Å². The van der Waals surface area contributed by atoms with Crippen LogP contribution in [0.5, 0.6) is 0 Å². The number of hydrogen-bond donors (Lipinski definition) is 1. The van der Waals surface area contributed by atoms with Crippen LogP contribution in [-0.2, 0) is 0 Å². The lowest BCUT2D eigenvalue weighted by Crippen LogP contribution is -2.12. The summed E-state index contributed by atoms with van der Waals surface area (Å²) in [4.78, 5) is 6.51. The normalized spacial score (nSPS) is 10.8. The fourth-order valence-corrected chi connectivity index (χ4v) is 2.87. The highest BCUT2D eigenvalue weighted by atomic mass is 79.9. The lowest BCUT2D eigenvalue weighted by molar-refractivity contribution is 1.21. The first-order valence-electron chi connectivity index (χ1n) is 6.70. The molecule has 3 nitrogen and oxygen atoms in total. The van der Waals surface area contributed by atoms with Gasteiger partial charge >= 0.3 is 0 Å². The molecule has 3 rings (SSSR count). The van der Waals surface area contributed by atoms with Gasteiger partial charge in [0.25, 0.3) is 0 Å². The first kappa shape index (κ1) is 13.9. The van der Waals surface area contributed by atoms with Crippen LogP contribution in [0.4, 0.5) is 17.1 Å². The Labute approximate surface area is 132 Å². The Balaban J connectivity index is 2.23. The molecule has 0 bridgehead atoms. The second-order valence-corrected chi connectivity index (χ2v) is 6.04. The minimum Gasteiger partial charge on any atom is -0.396 e. The summed E-state index contributed by atoms with van der Waals surface area (Å²) in [6.45, 7) is 2.09. The number of anilines is 3. The topological polar surface area (TPSA) is 42.1 Å². The first-order chi connectivity index (χ1) is 10.1. The van der Waals surface area contributed by atoms with E-state index in [1.807, 2.05) is 19.2 Å². The van der Waals surface area contributed by atoms with E-state index >= 15 is 0 Å². The maximum absolute atomic E-state index is 6.19. The second kappa shape index (κ2) is 5.37. The van der Waals surface area contributed by atoms with E-state index in [0.717, 1.165) is 26.8 Å². The molecule has 0 unspecified atom stereocenters. The van der Waals surface area contributed by atoms with Gasteiger partial charge in [-0.3, -0.25) is 4.98 Å². The standard InChI is InChI=1S/C17H16BrN3/c1-11-4-3-5-13(8-11)21(2)17-14-9-12(18)6-7-16(14)20-10-15(17)19/h3-10H,19H2,1-2H3. The lowest BCUT2D eigenvalue weighted by Gasteiger charge is -2.23. The molecule has 106 valence electrons. The molecule has 0 fully saturated rings. The van der Waals surface area contributed by atoms with E-state index < -0.39 is 0 Å². The molecule has 0 aliphatic heterocycles. The van der Waals surface area contributed by atoms with E-state index in [0.29, 0.717) is 5.69 Å². The molecule has 1 aromatic heterocycles. The van der Waals surface area contributed by atoms with Crippen molar-refractivity contribution in [2.45, 2.75) is 6.92 Å². The number of aryl methyl sites for hydroxylation is 1. The number of nitrogens with zero attached hydrogens (tertiary/aromatic N) is 2. The van der Waals surface area contributed by atoms with Gasteiger partial charge in [0.1, 0.15) is 0 Å². The molecule has 21 heavy (non-hydrogen) atoms. The summed E-state index contributed by atoms with van der Waals surface area (Å²) in [5, 5.41) is 1.04. The number of hydrogen-bond acceptors (Lipinski definition) is 3. The third kappa shape index (κ3) is 2.59. The molecule has 0 amide bonds. The highest BCUT2D eigenvalue weighted by Gasteiger charge is 2.13. The van der Waals surface area contributed by atoms with Gasteiger partial charge in [-0.1, -0.05) is 28.1 Å². The van der Waals surface area contributed by atoms with Gasteiger partial charge in [0.15, 0.2) is 0 Å². The average molecular weight is 342 g/mol. The van der Waals surface area contributed by atoms with Gasteiger partial charge in [0, 0.05) is 22.6 Å². The van der Waals surface area contributed by atoms with Crippen molar-refractivity contribution in [3.8, 4) is 0 Å². The number of pyridine rings is 1. The molecule has 2 aromatic carbocycles. The van der Waals surface area contributed by atoms with Crippen LogP contribution in [-0.4, -0.2) is 12.0 Å². The van der Waals surface area contributed by atoms with Crippen molar-refractivity contribution < 1.29 is 0 Å². The average Bonchev–Trinajstić information content (AvgIpc) is 2.46. The van der Waals surface area contributed by atoms with E-state index in [9.17, 15) is 0 Å². The Morgan fingerprint density at radius 3 is 2.71 bits per heavy atom. The Morgan fingerprint density at radius 2 is 1.95 bits per heavy atom. The van der Waals surface area contributed by atoms with Gasteiger partial charge in [-0.05, 0) is 42.8 Å². The summed E-state index contributed by atoms with van der Waals surface area (Å²) in [6, 6.07) is 14.4. The fraction of sp³-hybridized carbons (Fsp3) is 0.118. The summed E-state index contributed by atoms with van der Waals surface area (Å²) in [5.74, 6) is 0. The largest absolute Gasteiger partial charge is 0.396 e. The number of fused-ring (bicyclic) bond motifs is 1. The van der Waals surface area contributed by atoms with Crippen molar-refractivity contribution >= 4 is 43.9 Å². The first-order valence-corrected chi connectivity index (χ1v) is 7.49. The van der Waals surface area contributed by atoms with Crippen molar-refractivity contribution in [1.29, 1.82) is 0 Å². The molecule has 4 heteroatoms. The quantitative estimate of drug-likeness (QED) is 0.737. The van der Waals surface area contributed by atoms with Gasteiger partial charge in [0.05, 0.1) is 23.1 Å². The molecule has 0 aliphatic carbocycles. The Bertz CT molecular complexity index is 809. The molecular weight excluding hydrogens is 326 g/mol. The molecule has 1 heterocycles. The summed E-state index contributed by atoms with van der Waals surface area (Å²) in [5.41, 5.74) is 11.1. The molecule has 2 N–H and O–H groups in total. The fourth-order valence-electron chi connectivity index (χ4n) is 2.51. The molecule has 0 radical (unpaired) electrons. The van der Waals surface area contributed by atoms with E-state index in [-0.39, 0.29) is 0 Å². The molecule has 0 atom stereocenters. The van der Waals surface area contributed by atoms with E-state index in [1.54, 1.807) is 6.20 Å². The van der Waals surface area contributed by atoms with Crippen LogP contribution in [0.1, 0.15) is 5.56 Å². The number of benzene rings is 2. The zero-order valence-electron chi connectivity index (χ0n) is 12.0. The van der Waals surface area contributed by atoms with Crippen LogP contribution in [0.15, 0.2) is 53.1 Å². The number of rotatable bonds is 2. The van der Waals surface area contributed by atoms with Gasteiger partial charge in [-0.15, -0.1) is 0 Å². The maximum Gasteiger partial charge on any atom is 0.0753 e. The van der Waals surface area contributed by atoms with Crippen molar-refractivity contribution in [1.82, 2.24) is 4.98 Å². The van der Waals surface area contributed by atoms with Gasteiger partial charge in [-0.2, -0.15) is 0 Å². The van der Waals surface area contributed by atoms with Crippen LogP contribution >= 0.6 is 15.9 Å². The van der Waals surface area contributed by atoms with E-state index in [4.69, 9.17) is 5.73 Å².